The third-order valence-electron chi connectivity index (χ3n) is 4.01. The van der Waals surface area contributed by atoms with Crippen molar-refractivity contribution in [3.63, 3.8) is 0 Å². The molecular weight excluding hydrogens is 184 g/mol. The van der Waals surface area contributed by atoms with Gasteiger partial charge < -0.3 is 5.73 Å². The van der Waals surface area contributed by atoms with Crippen LogP contribution in [0.1, 0.15) is 59.3 Å². The molecule has 1 heterocycles. The van der Waals surface area contributed by atoms with Crippen LogP contribution in [0.2, 0.25) is 0 Å². The van der Waals surface area contributed by atoms with Crippen LogP contribution in [0.3, 0.4) is 0 Å². The summed E-state index contributed by atoms with van der Waals surface area (Å²) in [7, 11) is 0. The Labute approximate surface area is 95.2 Å². The van der Waals surface area contributed by atoms with Gasteiger partial charge in [0.25, 0.3) is 0 Å². The van der Waals surface area contributed by atoms with Crippen molar-refractivity contribution < 1.29 is 0 Å². The SMILES string of the molecule is CCC(N)C(C)N1CCCCCC1CC. The first-order chi connectivity index (χ1) is 7.20. The van der Waals surface area contributed by atoms with Gasteiger partial charge in [0.1, 0.15) is 0 Å². The summed E-state index contributed by atoms with van der Waals surface area (Å²) in [6.07, 6.45) is 7.91. The van der Waals surface area contributed by atoms with Gasteiger partial charge in [-0.1, -0.05) is 26.7 Å². The normalized spacial score (nSPS) is 28.4. The second-order valence-electron chi connectivity index (χ2n) is 4.96. The van der Waals surface area contributed by atoms with E-state index in [2.05, 4.69) is 25.7 Å². The van der Waals surface area contributed by atoms with E-state index in [1.54, 1.807) is 0 Å². The van der Waals surface area contributed by atoms with E-state index >= 15 is 0 Å². The molecule has 3 atom stereocenters. The van der Waals surface area contributed by atoms with Crippen LogP contribution in [0.15, 0.2) is 0 Å². The van der Waals surface area contributed by atoms with Gasteiger partial charge in [-0.2, -0.15) is 0 Å². The summed E-state index contributed by atoms with van der Waals surface area (Å²) >= 11 is 0. The van der Waals surface area contributed by atoms with E-state index in [-0.39, 0.29) is 0 Å². The molecule has 0 aromatic heterocycles. The molecule has 0 radical (unpaired) electrons. The number of likely N-dealkylation sites (tertiary alicyclic amines) is 1. The summed E-state index contributed by atoms with van der Waals surface area (Å²) in [4.78, 5) is 2.67. The molecule has 0 aromatic rings. The molecule has 1 saturated heterocycles. The zero-order valence-electron chi connectivity index (χ0n) is 10.7. The number of hydrogen-bond donors (Lipinski definition) is 1. The molecule has 90 valence electrons. The molecule has 1 fully saturated rings. The Balaban J connectivity index is 2.60. The van der Waals surface area contributed by atoms with Crippen LogP contribution in [0.5, 0.6) is 0 Å². The van der Waals surface area contributed by atoms with Crippen LogP contribution in [0.25, 0.3) is 0 Å². The van der Waals surface area contributed by atoms with Crippen molar-refractivity contribution in [3.05, 3.63) is 0 Å². The van der Waals surface area contributed by atoms with Gasteiger partial charge in [0.05, 0.1) is 0 Å². The van der Waals surface area contributed by atoms with Gasteiger partial charge in [-0.15, -0.1) is 0 Å². The molecule has 0 spiro atoms. The predicted molar refractivity (Wildman–Crippen MR) is 67.0 cm³/mol. The van der Waals surface area contributed by atoms with E-state index in [0.29, 0.717) is 12.1 Å². The fraction of sp³-hybridized carbons (Fsp3) is 1.00. The maximum atomic E-state index is 6.17. The number of nitrogens with two attached hydrogens (primary N) is 1. The first-order valence-electron chi connectivity index (χ1n) is 6.72. The summed E-state index contributed by atoms with van der Waals surface area (Å²) in [5.74, 6) is 0. The lowest BCUT2D eigenvalue weighted by molar-refractivity contribution is 0.123. The predicted octanol–water partition coefficient (Wildman–Crippen LogP) is 2.77. The molecule has 0 amide bonds. The lowest BCUT2D eigenvalue weighted by Crippen LogP contribution is -2.50. The Hall–Kier alpha value is -0.0800. The van der Waals surface area contributed by atoms with Crippen molar-refractivity contribution in [2.24, 2.45) is 5.73 Å². The average molecular weight is 212 g/mol. The van der Waals surface area contributed by atoms with Gasteiger partial charge >= 0.3 is 0 Å². The average Bonchev–Trinajstić information content (AvgIpc) is 2.51. The number of nitrogens with zero attached hydrogens (tertiary/aromatic N) is 1. The smallest absolute Gasteiger partial charge is 0.0221 e. The highest BCUT2D eigenvalue weighted by atomic mass is 15.2. The van der Waals surface area contributed by atoms with Gasteiger partial charge in [-0.25, -0.2) is 0 Å². The van der Waals surface area contributed by atoms with Crippen LogP contribution in [0, 0.1) is 0 Å². The summed E-state index contributed by atoms with van der Waals surface area (Å²) in [5.41, 5.74) is 6.17. The Morgan fingerprint density at radius 3 is 2.60 bits per heavy atom. The number of rotatable bonds is 4. The molecule has 3 unspecified atom stereocenters. The Kier molecular flexibility index (Phi) is 5.62. The molecule has 2 nitrogen and oxygen atoms in total. The van der Waals surface area contributed by atoms with Crippen molar-refractivity contribution in [2.45, 2.75) is 77.4 Å². The largest absolute Gasteiger partial charge is 0.326 e. The van der Waals surface area contributed by atoms with Crippen LogP contribution in [-0.4, -0.2) is 29.6 Å². The zero-order chi connectivity index (χ0) is 11.3. The van der Waals surface area contributed by atoms with Crippen molar-refractivity contribution >= 4 is 0 Å². The first-order valence-corrected chi connectivity index (χ1v) is 6.72. The minimum Gasteiger partial charge on any atom is -0.326 e. The maximum Gasteiger partial charge on any atom is 0.0221 e. The highest BCUT2D eigenvalue weighted by Crippen LogP contribution is 2.22. The maximum absolute atomic E-state index is 6.17. The van der Waals surface area contributed by atoms with Crippen molar-refractivity contribution in [2.75, 3.05) is 6.54 Å². The van der Waals surface area contributed by atoms with Gasteiger partial charge in [0, 0.05) is 18.1 Å². The van der Waals surface area contributed by atoms with E-state index in [1.807, 2.05) is 0 Å². The van der Waals surface area contributed by atoms with E-state index in [0.717, 1.165) is 12.5 Å². The zero-order valence-corrected chi connectivity index (χ0v) is 10.7. The molecule has 0 aromatic carbocycles. The van der Waals surface area contributed by atoms with Gasteiger partial charge in [-0.05, 0) is 39.2 Å². The molecular formula is C13H28N2. The van der Waals surface area contributed by atoms with E-state index in [9.17, 15) is 0 Å². The van der Waals surface area contributed by atoms with Crippen LogP contribution in [0.4, 0.5) is 0 Å². The molecule has 0 aliphatic carbocycles. The minimum absolute atomic E-state index is 0.345. The summed E-state index contributed by atoms with van der Waals surface area (Å²) in [6.45, 7) is 8.07. The van der Waals surface area contributed by atoms with Crippen LogP contribution < -0.4 is 5.73 Å². The fourth-order valence-corrected chi connectivity index (χ4v) is 2.76. The Morgan fingerprint density at radius 2 is 2.00 bits per heavy atom. The molecule has 1 aliphatic rings. The quantitative estimate of drug-likeness (QED) is 0.776. The number of hydrogen-bond acceptors (Lipinski definition) is 2. The second-order valence-corrected chi connectivity index (χ2v) is 4.96. The van der Waals surface area contributed by atoms with Crippen molar-refractivity contribution in [1.29, 1.82) is 0 Å². The lowest BCUT2D eigenvalue weighted by atomic mass is 10.0. The van der Waals surface area contributed by atoms with Gasteiger partial charge in [0.2, 0.25) is 0 Å². The summed E-state index contributed by atoms with van der Waals surface area (Å²) in [5, 5.41) is 0. The molecule has 2 N–H and O–H groups in total. The van der Waals surface area contributed by atoms with Crippen molar-refractivity contribution in [1.82, 2.24) is 4.90 Å². The Bertz CT molecular complexity index is 170. The molecule has 2 heteroatoms. The lowest BCUT2D eigenvalue weighted by Gasteiger charge is -2.37. The highest BCUT2D eigenvalue weighted by molar-refractivity contribution is 4.84. The fourth-order valence-electron chi connectivity index (χ4n) is 2.76. The van der Waals surface area contributed by atoms with E-state index in [1.165, 1.54) is 38.6 Å². The molecule has 0 bridgehead atoms. The molecule has 1 aliphatic heterocycles. The van der Waals surface area contributed by atoms with Gasteiger partial charge in [0.15, 0.2) is 0 Å². The topological polar surface area (TPSA) is 29.3 Å². The highest BCUT2D eigenvalue weighted by Gasteiger charge is 2.26. The monoisotopic (exact) mass is 212 g/mol. The third-order valence-corrected chi connectivity index (χ3v) is 4.01. The standard InChI is InChI=1S/C13H28N2/c1-4-12-9-7-6-8-10-15(12)11(3)13(14)5-2/h11-13H,4-10,14H2,1-3H3. The van der Waals surface area contributed by atoms with Crippen LogP contribution in [-0.2, 0) is 0 Å². The summed E-state index contributed by atoms with van der Waals surface area (Å²) in [6, 6.07) is 1.68. The molecule has 15 heavy (non-hydrogen) atoms. The molecule has 1 rings (SSSR count). The van der Waals surface area contributed by atoms with Crippen LogP contribution >= 0.6 is 0 Å². The second kappa shape index (κ2) is 6.49. The first kappa shape index (κ1) is 13.0. The third kappa shape index (κ3) is 3.46. The van der Waals surface area contributed by atoms with E-state index in [4.69, 9.17) is 5.73 Å². The van der Waals surface area contributed by atoms with Gasteiger partial charge in [-0.3, -0.25) is 4.90 Å². The Morgan fingerprint density at radius 1 is 1.27 bits per heavy atom. The summed E-state index contributed by atoms with van der Waals surface area (Å²) < 4.78 is 0. The minimum atomic E-state index is 0.345. The van der Waals surface area contributed by atoms with Crippen molar-refractivity contribution in [3.8, 4) is 0 Å². The molecule has 0 saturated carbocycles. The van der Waals surface area contributed by atoms with E-state index < -0.39 is 0 Å².